The quantitative estimate of drug-likeness (QED) is 0.558. The summed E-state index contributed by atoms with van der Waals surface area (Å²) in [6.45, 7) is 1.51. The first kappa shape index (κ1) is 13.4. The lowest BCUT2D eigenvalue weighted by atomic mass is 10.2. The van der Waals surface area contributed by atoms with Crippen LogP contribution in [-0.2, 0) is 0 Å². The Morgan fingerprint density at radius 2 is 2.19 bits per heavy atom. The van der Waals surface area contributed by atoms with Crippen molar-refractivity contribution in [1.82, 2.24) is 10.6 Å². The third kappa shape index (κ3) is 4.04. The van der Waals surface area contributed by atoms with E-state index in [1.54, 1.807) is 18.2 Å². The molecular formula is C11H15ClN2OS. The van der Waals surface area contributed by atoms with E-state index in [-0.39, 0.29) is 5.91 Å². The van der Waals surface area contributed by atoms with Crippen molar-refractivity contribution in [1.29, 1.82) is 0 Å². The Morgan fingerprint density at radius 3 is 2.88 bits per heavy atom. The van der Waals surface area contributed by atoms with E-state index in [9.17, 15) is 4.79 Å². The minimum absolute atomic E-state index is 0.156. The molecule has 0 saturated carbocycles. The molecule has 2 N–H and O–H groups in total. The third-order valence-corrected chi connectivity index (χ3v) is 2.69. The molecule has 16 heavy (non-hydrogen) atoms. The van der Waals surface area contributed by atoms with Gasteiger partial charge in [0.1, 0.15) is 0 Å². The van der Waals surface area contributed by atoms with E-state index in [1.807, 2.05) is 7.05 Å². The highest BCUT2D eigenvalue weighted by Gasteiger charge is 2.09. The Bertz CT molecular complexity index is 371. The van der Waals surface area contributed by atoms with Gasteiger partial charge < -0.3 is 10.6 Å². The lowest BCUT2D eigenvalue weighted by molar-refractivity contribution is 0.0953. The highest BCUT2D eigenvalue weighted by atomic mass is 35.5. The average Bonchev–Trinajstić information content (AvgIpc) is 2.27. The van der Waals surface area contributed by atoms with Crippen LogP contribution in [0.5, 0.6) is 0 Å². The molecule has 0 aromatic heterocycles. The number of carbonyl (C=O) groups excluding carboxylic acids is 1. The second-order valence-corrected chi connectivity index (χ2v) is 4.30. The first-order valence-electron chi connectivity index (χ1n) is 5.06. The zero-order chi connectivity index (χ0) is 12.0. The van der Waals surface area contributed by atoms with Crippen LogP contribution in [0.3, 0.4) is 0 Å². The predicted molar refractivity (Wildman–Crippen MR) is 69.6 cm³/mol. The van der Waals surface area contributed by atoms with Gasteiger partial charge in [-0.05, 0) is 38.2 Å². The van der Waals surface area contributed by atoms with Gasteiger partial charge in [0, 0.05) is 11.4 Å². The highest BCUT2D eigenvalue weighted by molar-refractivity contribution is 7.80. The van der Waals surface area contributed by atoms with E-state index in [2.05, 4.69) is 23.3 Å². The number of carbonyl (C=O) groups is 1. The number of hydrogen-bond acceptors (Lipinski definition) is 3. The van der Waals surface area contributed by atoms with Gasteiger partial charge in [-0.15, -0.1) is 12.6 Å². The van der Waals surface area contributed by atoms with Crippen molar-refractivity contribution in [3.63, 3.8) is 0 Å². The molecule has 0 fully saturated rings. The van der Waals surface area contributed by atoms with E-state index in [0.717, 1.165) is 17.9 Å². The van der Waals surface area contributed by atoms with Crippen LogP contribution >= 0.6 is 24.2 Å². The van der Waals surface area contributed by atoms with E-state index < -0.39 is 0 Å². The van der Waals surface area contributed by atoms with Crippen LogP contribution in [0.2, 0.25) is 5.02 Å². The number of thiol groups is 1. The van der Waals surface area contributed by atoms with Crippen molar-refractivity contribution in [2.24, 2.45) is 0 Å². The van der Waals surface area contributed by atoms with Crippen LogP contribution in [0.25, 0.3) is 0 Å². The molecule has 1 aromatic carbocycles. The first-order valence-corrected chi connectivity index (χ1v) is 5.89. The second-order valence-electron chi connectivity index (χ2n) is 3.38. The largest absolute Gasteiger partial charge is 0.352 e. The molecule has 0 saturated heterocycles. The molecule has 0 aliphatic carbocycles. The van der Waals surface area contributed by atoms with Gasteiger partial charge in [-0.1, -0.05) is 11.6 Å². The van der Waals surface area contributed by atoms with Gasteiger partial charge >= 0.3 is 0 Å². The summed E-state index contributed by atoms with van der Waals surface area (Å²) in [5, 5.41) is 6.26. The summed E-state index contributed by atoms with van der Waals surface area (Å²) >= 11 is 10.1. The zero-order valence-corrected chi connectivity index (χ0v) is 10.7. The zero-order valence-electron chi connectivity index (χ0n) is 9.09. The van der Waals surface area contributed by atoms with Crippen molar-refractivity contribution in [2.45, 2.75) is 11.3 Å². The fraction of sp³-hybridized carbons (Fsp3) is 0.364. The molecule has 0 spiro atoms. The Kier molecular flexibility index (Phi) is 5.66. The van der Waals surface area contributed by atoms with Crippen molar-refractivity contribution in [2.75, 3.05) is 20.1 Å². The van der Waals surface area contributed by atoms with E-state index in [4.69, 9.17) is 11.6 Å². The summed E-state index contributed by atoms with van der Waals surface area (Å²) < 4.78 is 0. The molecular weight excluding hydrogens is 244 g/mol. The standard InChI is InChI=1S/C11H15ClN2OS/c1-13-5-2-6-14-11(15)9-7-8(16)3-4-10(9)12/h3-4,7,13,16H,2,5-6H2,1H3,(H,14,15). The van der Waals surface area contributed by atoms with Gasteiger partial charge in [-0.3, -0.25) is 4.79 Å². The van der Waals surface area contributed by atoms with Crippen molar-refractivity contribution in [3.05, 3.63) is 28.8 Å². The maximum Gasteiger partial charge on any atom is 0.252 e. The number of amides is 1. The molecule has 0 heterocycles. The summed E-state index contributed by atoms with van der Waals surface area (Å²) in [6, 6.07) is 5.09. The second kappa shape index (κ2) is 6.78. The summed E-state index contributed by atoms with van der Waals surface area (Å²) in [5.41, 5.74) is 0.471. The molecule has 5 heteroatoms. The number of hydrogen-bond donors (Lipinski definition) is 3. The Hall–Kier alpha value is -0.710. The van der Waals surface area contributed by atoms with E-state index in [1.165, 1.54) is 0 Å². The fourth-order valence-corrected chi connectivity index (χ4v) is 1.66. The fourth-order valence-electron chi connectivity index (χ4n) is 1.25. The highest BCUT2D eigenvalue weighted by Crippen LogP contribution is 2.19. The number of nitrogens with one attached hydrogen (secondary N) is 2. The molecule has 1 amide bonds. The van der Waals surface area contributed by atoms with Crippen LogP contribution in [-0.4, -0.2) is 26.0 Å². The Morgan fingerprint density at radius 1 is 1.44 bits per heavy atom. The maximum atomic E-state index is 11.7. The normalized spacial score (nSPS) is 10.2. The molecule has 3 nitrogen and oxygen atoms in total. The van der Waals surface area contributed by atoms with Gasteiger partial charge in [-0.2, -0.15) is 0 Å². The Labute approximate surface area is 106 Å². The van der Waals surface area contributed by atoms with Gasteiger partial charge in [-0.25, -0.2) is 0 Å². The minimum Gasteiger partial charge on any atom is -0.352 e. The maximum absolute atomic E-state index is 11.7. The van der Waals surface area contributed by atoms with Gasteiger partial charge in [0.2, 0.25) is 0 Å². The van der Waals surface area contributed by atoms with Crippen LogP contribution < -0.4 is 10.6 Å². The van der Waals surface area contributed by atoms with Crippen LogP contribution in [0, 0.1) is 0 Å². The van der Waals surface area contributed by atoms with Gasteiger partial charge in [0.15, 0.2) is 0 Å². The molecule has 1 rings (SSSR count). The van der Waals surface area contributed by atoms with Crippen LogP contribution in [0.1, 0.15) is 16.8 Å². The van der Waals surface area contributed by atoms with Crippen molar-refractivity contribution in [3.8, 4) is 0 Å². The van der Waals surface area contributed by atoms with E-state index in [0.29, 0.717) is 17.1 Å². The lowest BCUT2D eigenvalue weighted by Crippen LogP contribution is -2.26. The lowest BCUT2D eigenvalue weighted by Gasteiger charge is -2.07. The average molecular weight is 259 g/mol. The monoisotopic (exact) mass is 258 g/mol. The topological polar surface area (TPSA) is 41.1 Å². The van der Waals surface area contributed by atoms with Crippen molar-refractivity contribution >= 4 is 30.1 Å². The molecule has 1 aromatic rings. The number of benzene rings is 1. The predicted octanol–water partition coefficient (Wildman–Crippen LogP) is 1.97. The Balaban J connectivity index is 2.55. The van der Waals surface area contributed by atoms with Crippen LogP contribution in [0.4, 0.5) is 0 Å². The summed E-state index contributed by atoms with van der Waals surface area (Å²) in [4.78, 5) is 12.5. The third-order valence-electron chi connectivity index (χ3n) is 2.08. The molecule has 0 radical (unpaired) electrons. The molecule has 0 aliphatic heterocycles. The first-order chi connectivity index (χ1) is 7.65. The summed E-state index contributed by atoms with van der Waals surface area (Å²) in [6.07, 6.45) is 0.889. The molecule has 0 atom stereocenters. The summed E-state index contributed by atoms with van der Waals surface area (Å²) in [5.74, 6) is -0.156. The van der Waals surface area contributed by atoms with Gasteiger partial charge in [0.25, 0.3) is 5.91 Å². The number of rotatable bonds is 5. The van der Waals surface area contributed by atoms with Crippen molar-refractivity contribution < 1.29 is 4.79 Å². The smallest absolute Gasteiger partial charge is 0.252 e. The molecule has 0 unspecified atom stereocenters. The van der Waals surface area contributed by atoms with Gasteiger partial charge in [0.05, 0.1) is 10.6 Å². The van der Waals surface area contributed by atoms with E-state index >= 15 is 0 Å². The minimum atomic E-state index is -0.156. The molecule has 0 aliphatic rings. The summed E-state index contributed by atoms with van der Waals surface area (Å²) in [7, 11) is 1.88. The molecule has 0 bridgehead atoms. The SMILES string of the molecule is CNCCCNC(=O)c1cc(S)ccc1Cl. The molecule has 88 valence electrons. The van der Waals surface area contributed by atoms with Crippen LogP contribution in [0.15, 0.2) is 23.1 Å². The number of halogens is 1.